The Balaban J connectivity index is 2.05. The van der Waals surface area contributed by atoms with Gasteiger partial charge in [0, 0.05) is 26.5 Å². The third kappa shape index (κ3) is 5.04. The molecule has 1 N–H and O–H groups in total. The molecule has 90 valence electrons. The molecule has 1 aromatic heterocycles. The minimum absolute atomic E-state index is 0.291. The Kier molecular flexibility index (Phi) is 6.44. The molecule has 1 heterocycles. The first-order valence-corrected chi connectivity index (χ1v) is 5.25. The molecule has 0 amide bonds. The van der Waals surface area contributed by atoms with Crippen LogP contribution in [0.3, 0.4) is 0 Å². The van der Waals surface area contributed by atoms with E-state index < -0.39 is 0 Å². The molecule has 0 spiro atoms. The van der Waals surface area contributed by atoms with Crippen molar-refractivity contribution in [1.82, 2.24) is 4.98 Å². The molecular formula is C11H17FN2O2. The first kappa shape index (κ1) is 12.9. The maximum Gasteiger partial charge on any atom is 0.165 e. The Hall–Kier alpha value is -1.20. The smallest absolute Gasteiger partial charge is 0.165 e. The summed E-state index contributed by atoms with van der Waals surface area (Å²) in [6.45, 7) is 2.46. The van der Waals surface area contributed by atoms with Gasteiger partial charge in [-0.25, -0.2) is 9.37 Å². The van der Waals surface area contributed by atoms with E-state index in [4.69, 9.17) is 9.47 Å². The molecule has 0 aliphatic heterocycles. The lowest BCUT2D eigenvalue weighted by molar-refractivity contribution is 0.0705. The Bertz CT molecular complexity index is 297. The number of anilines is 1. The van der Waals surface area contributed by atoms with Gasteiger partial charge < -0.3 is 14.8 Å². The van der Waals surface area contributed by atoms with Gasteiger partial charge in [0.1, 0.15) is 0 Å². The van der Waals surface area contributed by atoms with E-state index in [1.54, 1.807) is 19.4 Å². The molecule has 5 heteroatoms. The molecular weight excluding hydrogens is 211 g/mol. The molecule has 0 unspecified atom stereocenters. The number of hydrogen-bond donors (Lipinski definition) is 1. The molecule has 1 aromatic rings. The Morgan fingerprint density at radius 1 is 1.38 bits per heavy atom. The minimum Gasteiger partial charge on any atom is -0.382 e. The average molecular weight is 228 g/mol. The lowest BCUT2D eigenvalue weighted by atomic mass is 10.4. The summed E-state index contributed by atoms with van der Waals surface area (Å²) in [6.07, 6.45) is 2.36. The van der Waals surface area contributed by atoms with Crippen LogP contribution in [-0.2, 0) is 9.47 Å². The van der Waals surface area contributed by atoms with Crippen molar-refractivity contribution in [2.75, 3.05) is 38.8 Å². The Labute approximate surface area is 94.8 Å². The fraction of sp³-hybridized carbons (Fsp3) is 0.545. The van der Waals surface area contributed by atoms with Crippen molar-refractivity contribution < 1.29 is 13.9 Å². The van der Waals surface area contributed by atoms with Crippen LogP contribution in [0, 0.1) is 5.82 Å². The molecule has 0 bridgehead atoms. The van der Waals surface area contributed by atoms with Gasteiger partial charge in [0.15, 0.2) is 11.6 Å². The van der Waals surface area contributed by atoms with E-state index >= 15 is 0 Å². The lowest BCUT2D eigenvalue weighted by Crippen LogP contribution is -2.09. The topological polar surface area (TPSA) is 43.4 Å². The van der Waals surface area contributed by atoms with E-state index in [1.807, 2.05) is 0 Å². The van der Waals surface area contributed by atoms with Gasteiger partial charge in [0.25, 0.3) is 0 Å². The van der Waals surface area contributed by atoms with Crippen LogP contribution in [0.5, 0.6) is 0 Å². The molecule has 4 nitrogen and oxygen atoms in total. The summed E-state index contributed by atoms with van der Waals surface area (Å²) in [5, 5.41) is 2.91. The number of rotatable bonds is 8. The molecule has 0 aliphatic rings. The highest BCUT2D eigenvalue weighted by Gasteiger charge is 1.99. The molecule has 0 fully saturated rings. The number of methoxy groups -OCH3 is 1. The largest absolute Gasteiger partial charge is 0.382 e. The minimum atomic E-state index is -0.331. The van der Waals surface area contributed by atoms with Gasteiger partial charge in [-0.2, -0.15) is 0 Å². The van der Waals surface area contributed by atoms with E-state index in [0.717, 1.165) is 6.42 Å². The number of halogens is 1. The summed E-state index contributed by atoms with van der Waals surface area (Å²) >= 11 is 0. The zero-order valence-corrected chi connectivity index (χ0v) is 9.41. The van der Waals surface area contributed by atoms with Crippen LogP contribution in [0.25, 0.3) is 0 Å². The lowest BCUT2D eigenvalue weighted by Gasteiger charge is -2.06. The van der Waals surface area contributed by atoms with Crippen molar-refractivity contribution in [3.8, 4) is 0 Å². The molecule has 0 aromatic carbocycles. The fourth-order valence-corrected chi connectivity index (χ4v) is 1.14. The quantitative estimate of drug-likeness (QED) is 0.687. The molecule has 0 atom stereocenters. The fourth-order valence-electron chi connectivity index (χ4n) is 1.14. The Morgan fingerprint density at radius 2 is 2.25 bits per heavy atom. The third-order valence-corrected chi connectivity index (χ3v) is 1.95. The third-order valence-electron chi connectivity index (χ3n) is 1.95. The summed E-state index contributed by atoms with van der Waals surface area (Å²) in [5.41, 5.74) is 0. The maximum atomic E-state index is 13.1. The van der Waals surface area contributed by atoms with Gasteiger partial charge in [-0.15, -0.1) is 0 Å². The predicted molar refractivity (Wildman–Crippen MR) is 60.0 cm³/mol. The van der Waals surface area contributed by atoms with Crippen LogP contribution >= 0.6 is 0 Å². The van der Waals surface area contributed by atoms with Gasteiger partial charge in [-0.1, -0.05) is 0 Å². The number of pyridine rings is 1. The second kappa shape index (κ2) is 8.01. The number of nitrogens with one attached hydrogen (secondary N) is 1. The van der Waals surface area contributed by atoms with Crippen molar-refractivity contribution in [3.05, 3.63) is 24.1 Å². The molecule has 1 rings (SSSR count). The Morgan fingerprint density at radius 3 is 3.00 bits per heavy atom. The molecule has 0 aliphatic carbocycles. The standard InChI is InChI=1S/C11H17FN2O2/c1-15-8-9-16-7-3-6-14-11-10(12)4-2-5-13-11/h2,4-5H,3,6-9H2,1H3,(H,13,14). The first-order chi connectivity index (χ1) is 7.84. The SMILES string of the molecule is COCCOCCCNc1ncccc1F. The summed E-state index contributed by atoms with van der Waals surface area (Å²) < 4.78 is 23.2. The highest BCUT2D eigenvalue weighted by molar-refractivity contribution is 5.35. The molecule has 16 heavy (non-hydrogen) atoms. The van der Waals surface area contributed by atoms with Crippen LogP contribution in [0.15, 0.2) is 18.3 Å². The van der Waals surface area contributed by atoms with Gasteiger partial charge in [0.2, 0.25) is 0 Å². The van der Waals surface area contributed by atoms with E-state index in [2.05, 4.69) is 10.3 Å². The van der Waals surface area contributed by atoms with E-state index in [-0.39, 0.29) is 5.82 Å². The van der Waals surface area contributed by atoms with Gasteiger partial charge in [0.05, 0.1) is 13.2 Å². The van der Waals surface area contributed by atoms with Crippen LogP contribution < -0.4 is 5.32 Å². The van der Waals surface area contributed by atoms with Crippen molar-refractivity contribution in [2.24, 2.45) is 0 Å². The summed E-state index contributed by atoms with van der Waals surface area (Å²) in [4.78, 5) is 3.88. The monoisotopic (exact) mass is 228 g/mol. The van der Waals surface area contributed by atoms with Gasteiger partial charge in [-0.3, -0.25) is 0 Å². The van der Waals surface area contributed by atoms with Crippen LogP contribution in [0.2, 0.25) is 0 Å². The molecule has 0 saturated heterocycles. The van der Waals surface area contributed by atoms with Crippen molar-refractivity contribution >= 4 is 5.82 Å². The predicted octanol–water partition coefficient (Wildman–Crippen LogP) is 1.69. The van der Waals surface area contributed by atoms with E-state index in [9.17, 15) is 4.39 Å². The van der Waals surface area contributed by atoms with Crippen molar-refractivity contribution in [1.29, 1.82) is 0 Å². The summed E-state index contributed by atoms with van der Waals surface area (Å²) in [7, 11) is 1.63. The summed E-state index contributed by atoms with van der Waals surface area (Å²) in [5.74, 6) is -0.0396. The van der Waals surface area contributed by atoms with Gasteiger partial charge >= 0.3 is 0 Å². The maximum absolute atomic E-state index is 13.1. The number of aromatic nitrogens is 1. The number of nitrogens with zero attached hydrogens (tertiary/aromatic N) is 1. The van der Waals surface area contributed by atoms with Crippen LogP contribution in [0.4, 0.5) is 10.2 Å². The first-order valence-electron chi connectivity index (χ1n) is 5.25. The van der Waals surface area contributed by atoms with Gasteiger partial charge in [-0.05, 0) is 18.6 Å². The van der Waals surface area contributed by atoms with Crippen LogP contribution in [-0.4, -0.2) is 38.5 Å². The number of ether oxygens (including phenoxy) is 2. The second-order valence-electron chi connectivity index (χ2n) is 3.22. The van der Waals surface area contributed by atoms with E-state index in [1.165, 1.54) is 6.07 Å². The highest BCUT2D eigenvalue weighted by Crippen LogP contribution is 2.07. The van der Waals surface area contributed by atoms with Crippen molar-refractivity contribution in [3.63, 3.8) is 0 Å². The molecule has 0 radical (unpaired) electrons. The second-order valence-corrected chi connectivity index (χ2v) is 3.22. The van der Waals surface area contributed by atoms with E-state index in [0.29, 0.717) is 32.2 Å². The highest BCUT2D eigenvalue weighted by atomic mass is 19.1. The normalized spacial score (nSPS) is 10.4. The molecule has 0 saturated carbocycles. The number of hydrogen-bond acceptors (Lipinski definition) is 4. The zero-order chi connectivity index (χ0) is 11.6. The summed E-state index contributed by atoms with van der Waals surface area (Å²) in [6, 6.07) is 2.94. The zero-order valence-electron chi connectivity index (χ0n) is 9.41. The average Bonchev–Trinajstić information content (AvgIpc) is 2.30. The van der Waals surface area contributed by atoms with Crippen LogP contribution in [0.1, 0.15) is 6.42 Å². The van der Waals surface area contributed by atoms with Crippen molar-refractivity contribution in [2.45, 2.75) is 6.42 Å².